The number of carbonyl (C=O) groups excluding carboxylic acids is 1. The summed E-state index contributed by atoms with van der Waals surface area (Å²) in [6.07, 6.45) is 1.99. The normalized spacial score (nSPS) is 10.2. The van der Waals surface area contributed by atoms with Crippen LogP contribution in [0.15, 0.2) is 6.07 Å². The van der Waals surface area contributed by atoms with Gasteiger partial charge >= 0.3 is 5.97 Å². The number of ether oxygens (including phenoxy) is 1. The molecule has 4 heteroatoms. The Morgan fingerprint density at radius 2 is 2.29 bits per heavy atom. The molecule has 0 radical (unpaired) electrons. The van der Waals surface area contributed by atoms with E-state index in [2.05, 4.69) is 0 Å². The van der Waals surface area contributed by atoms with Crippen LogP contribution in [0, 0.1) is 13.8 Å². The number of esters is 1. The summed E-state index contributed by atoms with van der Waals surface area (Å²) >= 11 is 3.30. The Balaban J connectivity index is 2.56. The molecule has 1 aromatic heterocycles. The highest BCUT2D eigenvalue weighted by molar-refractivity contribution is 7.98. The van der Waals surface area contributed by atoms with Crippen LogP contribution in [0.5, 0.6) is 0 Å². The predicted molar refractivity (Wildman–Crippen MR) is 62.5 cm³/mol. The van der Waals surface area contributed by atoms with Gasteiger partial charge in [0.25, 0.3) is 0 Å². The Bertz CT molecular complexity index is 318. The molecular weight excluding hydrogens is 216 g/mol. The third-order valence-corrected chi connectivity index (χ3v) is 3.32. The highest BCUT2D eigenvalue weighted by Crippen LogP contribution is 2.21. The van der Waals surface area contributed by atoms with Gasteiger partial charge < -0.3 is 4.74 Å². The van der Waals surface area contributed by atoms with Gasteiger partial charge in [0.2, 0.25) is 0 Å². The molecule has 78 valence electrons. The topological polar surface area (TPSA) is 26.3 Å². The largest absolute Gasteiger partial charge is 0.461 e. The van der Waals surface area contributed by atoms with Gasteiger partial charge in [-0.05, 0) is 26.2 Å². The quantitative estimate of drug-likeness (QED) is 0.587. The van der Waals surface area contributed by atoms with Crippen LogP contribution in [0.2, 0.25) is 0 Å². The van der Waals surface area contributed by atoms with Crippen LogP contribution >= 0.6 is 23.1 Å². The van der Waals surface area contributed by atoms with E-state index in [0.29, 0.717) is 12.2 Å². The number of hydrogen-bond donors (Lipinski definition) is 0. The van der Waals surface area contributed by atoms with E-state index in [9.17, 15) is 4.79 Å². The van der Waals surface area contributed by atoms with Crippen molar-refractivity contribution in [3.05, 3.63) is 21.4 Å². The molecule has 0 saturated heterocycles. The van der Waals surface area contributed by atoms with E-state index < -0.39 is 0 Å². The summed E-state index contributed by atoms with van der Waals surface area (Å²) in [6.45, 7) is 4.44. The highest BCUT2D eigenvalue weighted by atomic mass is 32.2. The second-order valence-electron chi connectivity index (χ2n) is 2.96. The van der Waals surface area contributed by atoms with Crippen molar-refractivity contribution in [3.63, 3.8) is 0 Å². The van der Waals surface area contributed by atoms with Gasteiger partial charge in [0.1, 0.15) is 6.61 Å². The van der Waals surface area contributed by atoms with Crippen molar-refractivity contribution in [1.82, 2.24) is 0 Å². The first-order chi connectivity index (χ1) is 6.65. The lowest BCUT2D eigenvalue weighted by atomic mass is 10.2. The summed E-state index contributed by atoms with van der Waals surface area (Å²) in [6, 6.07) is 1.89. The smallest absolute Gasteiger partial charge is 0.339 e. The molecule has 14 heavy (non-hydrogen) atoms. The first kappa shape index (κ1) is 11.6. The van der Waals surface area contributed by atoms with Gasteiger partial charge in [-0.3, -0.25) is 0 Å². The summed E-state index contributed by atoms with van der Waals surface area (Å²) < 4.78 is 5.11. The van der Waals surface area contributed by atoms with Crippen molar-refractivity contribution in [2.75, 3.05) is 18.6 Å². The number of rotatable bonds is 4. The molecule has 1 rings (SSSR count). The van der Waals surface area contributed by atoms with Gasteiger partial charge in [0.15, 0.2) is 0 Å². The zero-order valence-corrected chi connectivity index (χ0v) is 10.3. The van der Waals surface area contributed by atoms with Gasteiger partial charge in [-0.25, -0.2) is 4.79 Å². The molecule has 1 heterocycles. The number of thioether (sulfide) groups is 1. The van der Waals surface area contributed by atoms with Crippen LogP contribution in [0.3, 0.4) is 0 Å². The van der Waals surface area contributed by atoms with Gasteiger partial charge in [-0.2, -0.15) is 11.8 Å². The van der Waals surface area contributed by atoms with Crippen LogP contribution < -0.4 is 0 Å². The van der Waals surface area contributed by atoms with Crippen molar-refractivity contribution < 1.29 is 9.53 Å². The molecule has 0 saturated carbocycles. The molecule has 0 aliphatic rings. The Morgan fingerprint density at radius 3 is 2.79 bits per heavy atom. The molecule has 0 aliphatic heterocycles. The fourth-order valence-corrected chi connectivity index (χ4v) is 2.29. The third kappa shape index (κ3) is 3.03. The number of carbonyl (C=O) groups is 1. The van der Waals surface area contributed by atoms with Crippen molar-refractivity contribution in [3.8, 4) is 0 Å². The molecule has 0 atom stereocenters. The number of aryl methyl sites for hydroxylation is 2. The predicted octanol–water partition coefficient (Wildman–Crippen LogP) is 2.88. The van der Waals surface area contributed by atoms with Crippen LogP contribution in [-0.4, -0.2) is 24.6 Å². The lowest BCUT2D eigenvalue weighted by Gasteiger charge is -2.02. The zero-order chi connectivity index (χ0) is 10.6. The van der Waals surface area contributed by atoms with E-state index >= 15 is 0 Å². The molecule has 2 nitrogen and oxygen atoms in total. The summed E-state index contributed by atoms with van der Waals surface area (Å²) in [5, 5.41) is 0. The summed E-state index contributed by atoms with van der Waals surface area (Å²) in [5.74, 6) is 0.661. The van der Waals surface area contributed by atoms with Crippen LogP contribution in [0.25, 0.3) is 0 Å². The van der Waals surface area contributed by atoms with Gasteiger partial charge in [-0.15, -0.1) is 11.3 Å². The van der Waals surface area contributed by atoms with E-state index in [-0.39, 0.29) is 5.97 Å². The molecule has 0 amide bonds. The number of hydrogen-bond acceptors (Lipinski definition) is 4. The Morgan fingerprint density at radius 1 is 1.57 bits per heavy atom. The second kappa shape index (κ2) is 5.41. The minimum Gasteiger partial charge on any atom is -0.461 e. The first-order valence-electron chi connectivity index (χ1n) is 4.38. The van der Waals surface area contributed by atoms with Crippen molar-refractivity contribution in [2.45, 2.75) is 13.8 Å². The summed E-state index contributed by atoms with van der Waals surface area (Å²) in [7, 11) is 0. The van der Waals surface area contributed by atoms with Gasteiger partial charge in [0, 0.05) is 15.5 Å². The van der Waals surface area contributed by atoms with E-state index in [4.69, 9.17) is 4.74 Å². The maximum Gasteiger partial charge on any atom is 0.339 e. The number of thiophene rings is 1. The molecule has 0 aliphatic carbocycles. The second-order valence-corrected chi connectivity index (χ2v) is 5.40. The van der Waals surface area contributed by atoms with E-state index in [1.165, 1.54) is 0 Å². The maximum absolute atomic E-state index is 11.5. The summed E-state index contributed by atoms with van der Waals surface area (Å²) in [4.78, 5) is 13.7. The molecule has 0 bridgehead atoms. The average Bonchev–Trinajstić information content (AvgIpc) is 2.45. The van der Waals surface area contributed by atoms with Gasteiger partial charge in [-0.1, -0.05) is 0 Å². The Hall–Kier alpha value is -0.480. The molecular formula is C10H14O2S2. The minimum absolute atomic E-state index is 0.194. The fraction of sp³-hybridized carbons (Fsp3) is 0.500. The average molecular weight is 230 g/mol. The lowest BCUT2D eigenvalue weighted by Crippen LogP contribution is -2.07. The zero-order valence-electron chi connectivity index (χ0n) is 8.62. The van der Waals surface area contributed by atoms with Crippen LogP contribution in [-0.2, 0) is 4.74 Å². The van der Waals surface area contributed by atoms with E-state index in [1.54, 1.807) is 23.1 Å². The first-order valence-corrected chi connectivity index (χ1v) is 6.59. The van der Waals surface area contributed by atoms with Crippen molar-refractivity contribution >= 4 is 29.1 Å². The van der Waals surface area contributed by atoms with E-state index in [0.717, 1.165) is 15.5 Å². The molecule has 1 aromatic rings. The van der Waals surface area contributed by atoms with Gasteiger partial charge in [0.05, 0.1) is 5.56 Å². The van der Waals surface area contributed by atoms with Crippen LogP contribution in [0.1, 0.15) is 20.1 Å². The minimum atomic E-state index is -0.194. The molecule has 0 spiro atoms. The SMILES string of the molecule is CSCCOC(=O)c1cc(C)sc1C. The lowest BCUT2D eigenvalue weighted by molar-refractivity contribution is 0.0530. The highest BCUT2D eigenvalue weighted by Gasteiger charge is 2.12. The van der Waals surface area contributed by atoms with Crippen molar-refractivity contribution in [2.24, 2.45) is 0 Å². The maximum atomic E-state index is 11.5. The van der Waals surface area contributed by atoms with Crippen molar-refractivity contribution in [1.29, 1.82) is 0 Å². The molecule has 0 aromatic carbocycles. The monoisotopic (exact) mass is 230 g/mol. The molecule has 0 fully saturated rings. The third-order valence-electron chi connectivity index (χ3n) is 1.78. The standard InChI is InChI=1S/C10H14O2S2/c1-7-6-9(8(2)14-7)10(11)12-4-5-13-3/h6H,4-5H2,1-3H3. The molecule has 0 unspecified atom stereocenters. The molecule has 0 N–H and O–H groups in total. The fourth-order valence-electron chi connectivity index (χ4n) is 1.13. The summed E-state index contributed by atoms with van der Waals surface area (Å²) in [5.41, 5.74) is 0.716. The Kier molecular flexibility index (Phi) is 4.48. The van der Waals surface area contributed by atoms with E-state index in [1.807, 2.05) is 26.2 Å². The Labute approximate surface area is 92.7 Å². The van der Waals surface area contributed by atoms with Crippen LogP contribution in [0.4, 0.5) is 0 Å².